The minimum atomic E-state index is -0.103. The van der Waals surface area contributed by atoms with Gasteiger partial charge in [-0.25, -0.2) is 4.98 Å². The number of quaternary nitrogens is 1. The van der Waals surface area contributed by atoms with E-state index in [4.69, 9.17) is 4.74 Å². The summed E-state index contributed by atoms with van der Waals surface area (Å²) in [4.78, 5) is 33.5. The number of likely N-dealkylation sites (N-methyl/N-ethyl adjacent to an activating group) is 1. The van der Waals surface area contributed by atoms with Crippen molar-refractivity contribution in [2.24, 2.45) is 0 Å². The third-order valence-electron chi connectivity index (χ3n) is 5.35. The molecular formula is C22H31N5O3+2. The van der Waals surface area contributed by atoms with Gasteiger partial charge in [0.15, 0.2) is 13.1 Å². The van der Waals surface area contributed by atoms with Crippen LogP contribution < -0.4 is 24.8 Å². The maximum atomic E-state index is 12.8. The van der Waals surface area contributed by atoms with Gasteiger partial charge in [0.2, 0.25) is 0 Å². The molecule has 0 bridgehead atoms. The molecule has 0 spiro atoms. The lowest BCUT2D eigenvalue weighted by atomic mass is 10.3. The summed E-state index contributed by atoms with van der Waals surface area (Å²) < 4.78 is 5.13. The number of nitrogens with zero attached hydrogens (tertiary/aromatic N) is 2. The predicted molar refractivity (Wildman–Crippen MR) is 115 cm³/mol. The van der Waals surface area contributed by atoms with E-state index >= 15 is 0 Å². The molecule has 1 saturated heterocycles. The molecule has 1 aliphatic heterocycles. The quantitative estimate of drug-likeness (QED) is 0.623. The Kier molecular flexibility index (Phi) is 7.62. The molecule has 2 aromatic rings. The van der Waals surface area contributed by atoms with Crippen LogP contribution in [0.5, 0.6) is 5.75 Å². The number of piperazine rings is 1. The normalized spacial score (nSPS) is 14.9. The lowest BCUT2D eigenvalue weighted by molar-refractivity contribution is -0.882. The molecule has 1 aromatic heterocycles. The van der Waals surface area contributed by atoms with E-state index in [0.29, 0.717) is 26.2 Å². The van der Waals surface area contributed by atoms with E-state index in [1.54, 1.807) is 31.4 Å². The fourth-order valence-electron chi connectivity index (χ4n) is 3.52. The van der Waals surface area contributed by atoms with Crippen LogP contribution in [0.2, 0.25) is 0 Å². The Morgan fingerprint density at radius 1 is 1.07 bits per heavy atom. The Morgan fingerprint density at radius 2 is 1.80 bits per heavy atom. The van der Waals surface area contributed by atoms with Crippen molar-refractivity contribution in [1.29, 1.82) is 0 Å². The number of methoxy groups -OCH3 is 1. The van der Waals surface area contributed by atoms with Crippen LogP contribution >= 0.6 is 0 Å². The van der Waals surface area contributed by atoms with Crippen molar-refractivity contribution in [3.8, 4) is 5.75 Å². The zero-order valence-electron chi connectivity index (χ0n) is 17.7. The Labute approximate surface area is 177 Å². The lowest BCUT2D eigenvalue weighted by Crippen LogP contribution is -3.14. The summed E-state index contributed by atoms with van der Waals surface area (Å²) in [6.45, 7) is 6.26. The standard InChI is InChI=1S/C22H29N5O3/c1-3-25(16-21(28)24-18-7-9-19(30-2)10-8-18)17-22(29)27-14-12-26(13-15-27)20-6-4-5-11-23-20/h4-11H,3,12-17H2,1-2H3,(H,24,28)/p+2. The first-order valence-corrected chi connectivity index (χ1v) is 10.4. The number of aromatic nitrogens is 1. The van der Waals surface area contributed by atoms with Crippen molar-refractivity contribution in [1.82, 2.24) is 4.90 Å². The average Bonchev–Trinajstić information content (AvgIpc) is 2.79. The number of amides is 2. The van der Waals surface area contributed by atoms with Crippen molar-refractivity contribution in [2.75, 3.05) is 63.1 Å². The average molecular weight is 414 g/mol. The zero-order valence-corrected chi connectivity index (χ0v) is 17.7. The van der Waals surface area contributed by atoms with Gasteiger partial charge in [-0.05, 0) is 37.3 Å². The van der Waals surface area contributed by atoms with Gasteiger partial charge >= 0.3 is 0 Å². The van der Waals surface area contributed by atoms with Gasteiger partial charge in [-0.1, -0.05) is 6.07 Å². The number of carbonyl (C=O) groups is 2. The second kappa shape index (κ2) is 10.6. The van der Waals surface area contributed by atoms with Gasteiger partial charge in [-0.2, -0.15) is 0 Å². The number of aromatic amines is 1. The molecule has 8 heteroatoms. The molecule has 1 unspecified atom stereocenters. The van der Waals surface area contributed by atoms with Crippen LogP contribution in [0, 0.1) is 0 Å². The smallest absolute Gasteiger partial charge is 0.279 e. The monoisotopic (exact) mass is 413 g/mol. The third-order valence-corrected chi connectivity index (χ3v) is 5.35. The minimum Gasteiger partial charge on any atom is -0.497 e. The number of hydrogen-bond acceptors (Lipinski definition) is 4. The summed E-state index contributed by atoms with van der Waals surface area (Å²) in [6.07, 6.45) is 1.91. The number of anilines is 2. The summed E-state index contributed by atoms with van der Waals surface area (Å²) in [5, 5.41) is 2.88. The van der Waals surface area contributed by atoms with Gasteiger partial charge in [0.25, 0.3) is 17.6 Å². The molecule has 0 aliphatic carbocycles. The molecule has 1 aromatic carbocycles. The Bertz CT molecular complexity index is 820. The summed E-state index contributed by atoms with van der Waals surface area (Å²) in [7, 11) is 1.60. The predicted octanol–water partition coefficient (Wildman–Crippen LogP) is -0.299. The van der Waals surface area contributed by atoms with Crippen molar-refractivity contribution >= 4 is 23.3 Å². The van der Waals surface area contributed by atoms with Crippen LogP contribution in [-0.4, -0.2) is 69.6 Å². The van der Waals surface area contributed by atoms with Crippen LogP contribution in [0.25, 0.3) is 0 Å². The topological polar surface area (TPSA) is 80.5 Å². The van der Waals surface area contributed by atoms with Gasteiger partial charge in [0.1, 0.15) is 18.8 Å². The van der Waals surface area contributed by atoms with Gasteiger partial charge in [-0.3, -0.25) is 14.5 Å². The number of benzene rings is 1. The molecule has 0 saturated carbocycles. The molecular weight excluding hydrogens is 382 g/mol. The Hall–Kier alpha value is -3.13. The molecule has 1 fully saturated rings. The van der Waals surface area contributed by atoms with Gasteiger partial charge in [0.05, 0.1) is 32.9 Å². The molecule has 3 N–H and O–H groups in total. The van der Waals surface area contributed by atoms with E-state index in [1.165, 1.54) is 0 Å². The van der Waals surface area contributed by atoms with E-state index in [9.17, 15) is 9.59 Å². The fraction of sp³-hybridized carbons (Fsp3) is 0.409. The maximum Gasteiger partial charge on any atom is 0.279 e. The van der Waals surface area contributed by atoms with Crippen LogP contribution in [0.3, 0.4) is 0 Å². The van der Waals surface area contributed by atoms with Crippen molar-refractivity contribution < 1.29 is 24.2 Å². The third kappa shape index (κ3) is 5.93. The summed E-state index contributed by atoms with van der Waals surface area (Å²) >= 11 is 0. The highest BCUT2D eigenvalue weighted by Gasteiger charge is 2.28. The second-order valence-corrected chi connectivity index (χ2v) is 7.35. The molecule has 1 aliphatic rings. The second-order valence-electron chi connectivity index (χ2n) is 7.35. The van der Waals surface area contributed by atoms with Crippen LogP contribution in [0.4, 0.5) is 11.5 Å². The first kappa shape index (κ1) is 21.6. The number of rotatable bonds is 8. The highest BCUT2D eigenvalue weighted by molar-refractivity contribution is 5.91. The molecule has 160 valence electrons. The van der Waals surface area contributed by atoms with Crippen molar-refractivity contribution in [3.05, 3.63) is 48.7 Å². The largest absolute Gasteiger partial charge is 0.497 e. The maximum absolute atomic E-state index is 12.8. The molecule has 2 amide bonds. The molecule has 30 heavy (non-hydrogen) atoms. The van der Waals surface area contributed by atoms with Crippen molar-refractivity contribution in [2.45, 2.75) is 6.92 Å². The number of carbonyl (C=O) groups excluding carboxylic acids is 2. The first-order valence-electron chi connectivity index (χ1n) is 10.4. The Morgan fingerprint density at radius 3 is 2.40 bits per heavy atom. The van der Waals surface area contributed by atoms with Gasteiger partial charge in [0, 0.05) is 11.8 Å². The highest BCUT2D eigenvalue weighted by Crippen LogP contribution is 2.14. The SMILES string of the molecule is CC[NH+](CC(=O)Nc1ccc(OC)cc1)CC(=O)N1CCN(c2cccc[nH+]2)CC1. The molecule has 0 radical (unpaired) electrons. The van der Waals surface area contributed by atoms with E-state index in [2.05, 4.69) is 15.2 Å². The molecule has 3 rings (SSSR count). The van der Waals surface area contributed by atoms with E-state index in [0.717, 1.165) is 35.2 Å². The van der Waals surface area contributed by atoms with Gasteiger partial charge < -0.3 is 19.9 Å². The van der Waals surface area contributed by atoms with Crippen LogP contribution in [0.15, 0.2) is 48.7 Å². The van der Waals surface area contributed by atoms with E-state index in [1.807, 2.05) is 36.2 Å². The first-order chi connectivity index (χ1) is 14.6. The number of nitrogens with one attached hydrogen (secondary N) is 3. The van der Waals surface area contributed by atoms with Crippen LogP contribution in [0.1, 0.15) is 6.92 Å². The number of hydrogen-bond donors (Lipinski definition) is 2. The number of pyridine rings is 1. The fourth-order valence-corrected chi connectivity index (χ4v) is 3.52. The lowest BCUT2D eigenvalue weighted by Gasteiger charge is -2.31. The molecule has 2 heterocycles. The summed E-state index contributed by atoms with van der Waals surface area (Å²) in [6, 6.07) is 13.2. The van der Waals surface area contributed by atoms with E-state index < -0.39 is 0 Å². The van der Waals surface area contributed by atoms with E-state index in [-0.39, 0.29) is 18.4 Å². The summed E-state index contributed by atoms with van der Waals surface area (Å²) in [5.74, 6) is 1.81. The van der Waals surface area contributed by atoms with Crippen LogP contribution in [-0.2, 0) is 9.59 Å². The minimum absolute atomic E-state index is 0.0980. The molecule has 1 atom stereocenters. The van der Waals surface area contributed by atoms with Crippen molar-refractivity contribution in [3.63, 3.8) is 0 Å². The highest BCUT2D eigenvalue weighted by atomic mass is 16.5. The molecule has 8 nitrogen and oxygen atoms in total. The number of H-pyrrole nitrogens is 1. The Balaban J connectivity index is 1.45. The number of ether oxygens (including phenoxy) is 1. The zero-order chi connectivity index (χ0) is 21.3. The summed E-state index contributed by atoms with van der Waals surface area (Å²) in [5.41, 5.74) is 0.719. The van der Waals surface area contributed by atoms with Gasteiger partial charge in [-0.15, -0.1) is 0 Å².